The number of benzene rings is 7. The first-order valence-electron chi connectivity index (χ1n) is 15.2. The minimum absolute atomic E-state index is 0.106. The van der Waals surface area contributed by atoms with E-state index < -0.39 is 15.6 Å². The molecule has 244 valence electrons. The van der Waals surface area contributed by atoms with Crippen molar-refractivity contribution in [3.8, 4) is 17.2 Å². The number of hydrogen-bond acceptors (Lipinski definition) is 4. The van der Waals surface area contributed by atoms with Gasteiger partial charge in [-0.2, -0.15) is 18.4 Å². The molecular weight excluding hydrogens is 664 g/mol. The van der Waals surface area contributed by atoms with Crippen LogP contribution in [-0.2, 0) is 32.5 Å². The first-order chi connectivity index (χ1) is 23.5. The van der Waals surface area contributed by atoms with Crippen molar-refractivity contribution in [1.29, 1.82) is 5.26 Å². The van der Waals surface area contributed by atoms with Gasteiger partial charge in [-0.05, 0) is 74.8 Å². The minimum atomic E-state index is -6.09. The van der Waals surface area contributed by atoms with Gasteiger partial charge in [-0.15, -0.1) is 0 Å². The molecule has 0 saturated heterocycles. The predicted molar refractivity (Wildman–Crippen MR) is 191 cm³/mol. The first kappa shape index (κ1) is 33.7. The summed E-state index contributed by atoms with van der Waals surface area (Å²) in [6, 6.07) is 54.7. The fourth-order valence-corrected chi connectivity index (χ4v) is 8.19. The molecule has 7 aromatic carbocycles. The SMILES string of the molecule is N#Cc1ccc(C[S+](Cc2ccccc2)c2ccccc2-c2c3ccccc3cc3cc4ccccc4cc23)cc1.O=S(=O)([O-])C(F)(F)F. The summed E-state index contributed by atoms with van der Waals surface area (Å²) in [6.45, 7) is 0. The summed E-state index contributed by atoms with van der Waals surface area (Å²) in [5, 5.41) is 17.0. The smallest absolute Gasteiger partial charge is 0.485 e. The van der Waals surface area contributed by atoms with Gasteiger partial charge in [-0.3, -0.25) is 0 Å². The quantitative estimate of drug-likeness (QED) is 0.0753. The molecule has 0 amide bonds. The topological polar surface area (TPSA) is 81.0 Å². The third-order valence-electron chi connectivity index (χ3n) is 8.09. The van der Waals surface area contributed by atoms with Crippen molar-refractivity contribution >= 4 is 53.3 Å². The Morgan fingerprint density at radius 2 is 1.12 bits per heavy atom. The molecule has 1 unspecified atom stereocenters. The predicted octanol–water partition coefficient (Wildman–Crippen LogP) is 10.1. The fraction of sp³-hybridized carbons (Fsp3) is 0.0750. The average molecular weight is 692 g/mol. The second-order valence-corrected chi connectivity index (χ2v) is 14.7. The Morgan fingerprint density at radius 3 is 1.76 bits per heavy atom. The summed E-state index contributed by atoms with van der Waals surface area (Å²) in [4.78, 5) is 1.38. The van der Waals surface area contributed by atoms with Gasteiger partial charge in [0.25, 0.3) is 0 Å². The Bertz CT molecular complexity index is 2420. The molecule has 0 bridgehead atoms. The second kappa shape index (κ2) is 14.1. The van der Waals surface area contributed by atoms with E-state index in [0.29, 0.717) is 5.56 Å². The molecule has 0 aliphatic rings. The maximum absolute atomic E-state index is 10.7. The molecule has 0 spiro atoms. The van der Waals surface area contributed by atoms with Crippen LogP contribution in [0.15, 0.2) is 150 Å². The zero-order valence-corrected chi connectivity index (χ0v) is 27.5. The van der Waals surface area contributed by atoms with Gasteiger partial charge < -0.3 is 4.55 Å². The highest BCUT2D eigenvalue weighted by Gasteiger charge is 2.37. The number of alkyl halides is 3. The molecule has 0 saturated carbocycles. The van der Waals surface area contributed by atoms with E-state index in [2.05, 4.69) is 140 Å². The lowest BCUT2D eigenvalue weighted by Gasteiger charge is -2.17. The average Bonchev–Trinajstić information content (AvgIpc) is 3.10. The Labute approximate surface area is 285 Å². The summed E-state index contributed by atoms with van der Waals surface area (Å²) in [6.07, 6.45) is 0. The minimum Gasteiger partial charge on any atom is -0.741 e. The van der Waals surface area contributed by atoms with Crippen LogP contribution < -0.4 is 0 Å². The summed E-state index contributed by atoms with van der Waals surface area (Å²) in [5.74, 6) is 1.88. The van der Waals surface area contributed by atoms with E-state index in [1.807, 2.05) is 12.1 Å². The van der Waals surface area contributed by atoms with E-state index in [0.717, 1.165) is 11.5 Å². The van der Waals surface area contributed by atoms with E-state index in [4.69, 9.17) is 13.0 Å². The molecule has 1 atom stereocenters. The maximum Gasteiger partial charge on any atom is 0.485 e. The van der Waals surface area contributed by atoms with Gasteiger partial charge in [0.1, 0.15) is 11.5 Å². The van der Waals surface area contributed by atoms with Crippen LogP contribution in [0.2, 0.25) is 0 Å². The molecule has 4 nitrogen and oxygen atoms in total. The van der Waals surface area contributed by atoms with Crippen LogP contribution in [0.1, 0.15) is 16.7 Å². The lowest BCUT2D eigenvalue weighted by atomic mass is 9.90. The third-order valence-corrected chi connectivity index (χ3v) is 11.0. The Kier molecular flexibility index (Phi) is 9.74. The fourth-order valence-electron chi connectivity index (χ4n) is 5.83. The number of hydrogen-bond donors (Lipinski definition) is 0. The molecule has 7 aromatic rings. The highest BCUT2D eigenvalue weighted by atomic mass is 32.2. The van der Waals surface area contributed by atoms with E-state index in [9.17, 15) is 18.4 Å². The van der Waals surface area contributed by atoms with Gasteiger partial charge >= 0.3 is 5.51 Å². The van der Waals surface area contributed by atoms with Gasteiger partial charge in [0.05, 0.1) is 11.6 Å². The van der Waals surface area contributed by atoms with E-state index >= 15 is 0 Å². The van der Waals surface area contributed by atoms with Gasteiger partial charge in [0, 0.05) is 33.1 Å². The third kappa shape index (κ3) is 7.63. The van der Waals surface area contributed by atoms with Crippen molar-refractivity contribution in [3.63, 3.8) is 0 Å². The molecule has 0 aliphatic heterocycles. The number of rotatable bonds is 6. The molecule has 0 fully saturated rings. The first-order valence-corrected chi connectivity index (χ1v) is 18.2. The van der Waals surface area contributed by atoms with E-state index in [-0.39, 0.29) is 10.9 Å². The summed E-state index contributed by atoms with van der Waals surface area (Å²) >= 11 is 0. The normalized spacial score (nSPS) is 12.3. The Morgan fingerprint density at radius 1 is 0.612 bits per heavy atom. The van der Waals surface area contributed by atoms with E-state index in [1.54, 1.807) is 0 Å². The van der Waals surface area contributed by atoms with Crippen molar-refractivity contribution in [2.75, 3.05) is 0 Å². The summed E-state index contributed by atoms with van der Waals surface area (Å²) < 4.78 is 58.9. The molecule has 0 aliphatic carbocycles. The standard InChI is InChI=1S/C39H28NS.CHF3O3S/c40-25-28-18-20-30(21-19-28)27-41(26-29-10-2-1-3-11-29)38-17-9-8-16-36(38)39-35-15-7-6-14-33(35)23-34-22-31-12-4-5-13-32(31)24-37(34)39;2-1(3,4)8(5,6)7/h1-24H,26-27H2;(H,5,6,7)/q+1;/p-1. The lowest BCUT2D eigenvalue weighted by molar-refractivity contribution is -0.0517. The molecule has 7 rings (SSSR count). The highest BCUT2D eigenvalue weighted by molar-refractivity contribution is 7.95. The molecule has 9 heteroatoms. The number of nitrogens with zero attached hydrogens (tertiary/aromatic N) is 1. The van der Waals surface area contributed by atoms with Gasteiger partial charge in [-0.25, -0.2) is 8.42 Å². The molecule has 0 heterocycles. The van der Waals surface area contributed by atoms with Crippen LogP contribution in [0.5, 0.6) is 0 Å². The van der Waals surface area contributed by atoms with Crippen LogP contribution in [0.25, 0.3) is 43.4 Å². The van der Waals surface area contributed by atoms with Crippen LogP contribution in [0.4, 0.5) is 13.2 Å². The van der Waals surface area contributed by atoms with Gasteiger partial charge in [0.15, 0.2) is 15.0 Å². The number of halogens is 3. The van der Waals surface area contributed by atoms with Crippen LogP contribution in [0.3, 0.4) is 0 Å². The largest absolute Gasteiger partial charge is 0.741 e. The number of fused-ring (bicyclic) bond motifs is 3. The van der Waals surface area contributed by atoms with Gasteiger partial charge in [0.2, 0.25) is 0 Å². The molecule has 0 aromatic heterocycles. The van der Waals surface area contributed by atoms with Crippen molar-refractivity contribution in [1.82, 2.24) is 0 Å². The van der Waals surface area contributed by atoms with E-state index in [1.165, 1.54) is 59.5 Å². The van der Waals surface area contributed by atoms with Crippen LogP contribution in [-0.4, -0.2) is 18.5 Å². The molecule has 0 N–H and O–H groups in total. The van der Waals surface area contributed by atoms with Crippen molar-refractivity contribution in [2.24, 2.45) is 0 Å². The Balaban J connectivity index is 0.000000466. The molecule has 49 heavy (non-hydrogen) atoms. The van der Waals surface area contributed by atoms with Crippen molar-refractivity contribution in [2.45, 2.75) is 21.9 Å². The summed E-state index contributed by atoms with van der Waals surface area (Å²) in [5.41, 5.74) is 0.265. The highest BCUT2D eigenvalue weighted by Crippen LogP contribution is 2.42. The monoisotopic (exact) mass is 691 g/mol. The van der Waals surface area contributed by atoms with Gasteiger partial charge in [-0.1, -0.05) is 103 Å². The zero-order valence-electron chi connectivity index (χ0n) is 25.9. The van der Waals surface area contributed by atoms with Crippen molar-refractivity contribution < 1.29 is 26.1 Å². The molecular formula is C40H28F3NO3S2. The Hall–Kier alpha value is -5.14. The van der Waals surface area contributed by atoms with Crippen molar-refractivity contribution in [3.05, 3.63) is 162 Å². The van der Waals surface area contributed by atoms with Crippen LogP contribution >= 0.6 is 0 Å². The number of nitriles is 1. The maximum atomic E-state index is 10.7. The summed E-state index contributed by atoms with van der Waals surface area (Å²) in [7, 11) is -6.20. The van der Waals surface area contributed by atoms with Crippen LogP contribution in [0, 0.1) is 11.3 Å². The zero-order chi connectivity index (χ0) is 34.6. The second-order valence-electron chi connectivity index (χ2n) is 11.4. The molecule has 0 radical (unpaired) electrons. The lowest BCUT2D eigenvalue weighted by Crippen LogP contribution is -2.21.